The number of halogens is 1. The summed E-state index contributed by atoms with van der Waals surface area (Å²) in [5.41, 5.74) is 2.09. The van der Waals surface area contributed by atoms with E-state index in [2.05, 4.69) is 34.8 Å². The molecule has 1 aliphatic heterocycles. The highest BCUT2D eigenvalue weighted by molar-refractivity contribution is 7.80. The maximum absolute atomic E-state index is 12.7. The highest BCUT2D eigenvalue weighted by atomic mass is 32.1. The van der Waals surface area contributed by atoms with Gasteiger partial charge in [0.1, 0.15) is 11.7 Å². The fourth-order valence-corrected chi connectivity index (χ4v) is 3.01. The van der Waals surface area contributed by atoms with Gasteiger partial charge in [-0.1, -0.05) is 30.8 Å². The zero-order chi connectivity index (χ0) is 18.8. The first-order chi connectivity index (χ1) is 12.6. The predicted molar refractivity (Wildman–Crippen MR) is 111 cm³/mol. The molecule has 0 radical (unpaired) electrons. The van der Waals surface area contributed by atoms with Crippen molar-refractivity contribution in [2.24, 2.45) is 10.9 Å². The molecule has 5 heteroatoms. The Morgan fingerprint density at radius 1 is 1.12 bits per heavy atom. The van der Waals surface area contributed by atoms with E-state index in [1.54, 1.807) is 18.3 Å². The van der Waals surface area contributed by atoms with Crippen molar-refractivity contribution in [3.8, 4) is 11.1 Å². The van der Waals surface area contributed by atoms with Gasteiger partial charge in [0.2, 0.25) is 0 Å². The van der Waals surface area contributed by atoms with Crippen LogP contribution in [-0.2, 0) is 0 Å². The van der Waals surface area contributed by atoms with E-state index in [1.165, 1.54) is 25.0 Å². The Morgan fingerprint density at radius 3 is 2.15 bits per heavy atom. The van der Waals surface area contributed by atoms with Crippen molar-refractivity contribution in [2.45, 2.75) is 17.7 Å². The molecule has 2 aromatic carbocycles. The van der Waals surface area contributed by atoms with Crippen LogP contribution in [0.5, 0.6) is 0 Å². The molecule has 0 amide bonds. The molecule has 0 bridgehead atoms. The third-order valence-corrected chi connectivity index (χ3v) is 4.56. The first-order valence-electron chi connectivity index (χ1n) is 8.74. The molecule has 2 aromatic rings. The van der Waals surface area contributed by atoms with Gasteiger partial charge in [0, 0.05) is 17.9 Å². The second kappa shape index (κ2) is 10.8. The second-order valence-electron chi connectivity index (χ2n) is 6.04. The van der Waals surface area contributed by atoms with Crippen molar-refractivity contribution in [3.05, 3.63) is 67.1 Å². The lowest BCUT2D eigenvalue weighted by molar-refractivity contribution is 0.451. The lowest BCUT2D eigenvalue weighted by Gasteiger charge is -2.23. The van der Waals surface area contributed by atoms with Crippen molar-refractivity contribution in [1.29, 1.82) is 0 Å². The van der Waals surface area contributed by atoms with Crippen LogP contribution < -0.4 is 10.6 Å². The van der Waals surface area contributed by atoms with Crippen LogP contribution in [0.25, 0.3) is 11.1 Å². The summed E-state index contributed by atoms with van der Waals surface area (Å²) in [4.78, 5) is 5.13. The van der Waals surface area contributed by atoms with Crippen LogP contribution in [0.1, 0.15) is 12.8 Å². The van der Waals surface area contributed by atoms with Gasteiger partial charge in [-0.05, 0) is 67.5 Å². The first-order valence-corrected chi connectivity index (χ1v) is 9.18. The van der Waals surface area contributed by atoms with Crippen LogP contribution >= 0.6 is 12.6 Å². The van der Waals surface area contributed by atoms with E-state index in [0.717, 1.165) is 34.9 Å². The summed E-state index contributed by atoms with van der Waals surface area (Å²) < 4.78 is 12.7. The number of nitrogens with zero attached hydrogens (tertiary/aromatic N) is 1. The maximum atomic E-state index is 12.7. The quantitative estimate of drug-likeness (QED) is 0.421. The third kappa shape index (κ3) is 6.32. The van der Waals surface area contributed by atoms with E-state index < -0.39 is 0 Å². The number of rotatable bonds is 3. The number of amidine groups is 1. The molecule has 138 valence electrons. The molecule has 0 unspecified atom stereocenters. The Kier molecular flexibility index (Phi) is 8.38. The molecule has 1 heterocycles. The van der Waals surface area contributed by atoms with Crippen LogP contribution in [-0.4, -0.2) is 26.0 Å². The number of hydrogen-bond acceptors (Lipinski definition) is 3. The fourth-order valence-electron chi connectivity index (χ4n) is 2.86. The molecule has 1 aliphatic rings. The second-order valence-corrected chi connectivity index (χ2v) is 6.55. The minimum atomic E-state index is -0.209. The molecule has 0 aromatic heterocycles. The number of thiol groups is 1. The van der Waals surface area contributed by atoms with Gasteiger partial charge in [0.05, 0.1) is 0 Å². The molecule has 0 atom stereocenters. The Labute approximate surface area is 160 Å². The predicted octanol–water partition coefficient (Wildman–Crippen LogP) is 4.53. The van der Waals surface area contributed by atoms with Gasteiger partial charge < -0.3 is 10.6 Å². The smallest absolute Gasteiger partial charge is 0.123 e. The molecule has 0 aliphatic carbocycles. The topological polar surface area (TPSA) is 36.4 Å². The number of piperidine rings is 1. The van der Waals surface area contributed by atoms with E-state index >= 15 is 0 Å². The van der Waals surface area contributed by atoms with E-state index in [9.17, 15) is 4.39 Å². The van der Waals surface area contributed by atoms with Gasteiger partial charge in [0.25, 0.3) is 0 Å². The zero-order valence-corrected chi connectivity index (χ0v) is 16.0. The van der Waals surface area contributed by atoms with Gasteiger partial charge in [-0.3, -0.25) is 4.99 Å². The molecular weight excluding hydrogens is 345 g/mol. The van der Waals surface area contributed by atoms with Crippen LogP contribution in [0, 0.1) is 11.7 Å². The lowest BCUT2D eigenvalue weighted by atomic mass is 9.97. The number of aliphatic imine (C=N–C) groups is 1. The number of benzene rings is 2. The van der Waals surface area contributed by atoms with Crippen LogP contribution in [0.2, 0.25) is 0 Å². The van der Waals surface area contributed by atoms with Crippen LogP contribution in [0.4, 0.5) is 4.39 Å². The summed E-state index contributed by atoms with van der Waals surface area (Å²) in [6.45, 7) is 5.84. The summed E-state index contributed by atoms with van der Waals surface area (Å²) in [6, 6.07) is 14.2. The minimum Gasteiger partial charge on any atom is -0.351 e. The minimum absolute atomic E-state index is 0.209. The molecule has 0 saturated carbocycles. The summed E-state index contributed by atoms with van der Waals surface area (Å²) in [5.74, 6) is 1.46. The standard InChI is InChI=1S/C12H9FS.C9H17N3/c13-11-5-1-9(2-6-11)10-3-7-12(14)8-4-10;1-3-12-9(10-2)8-4-6-11-7-5-8/h1-8,14H;3,8,11H,1,4-7H2,2H3,(H,10,12). The molecule has 3 rings (SSSR count). The average molecular weight is 372 g/mol. The van der Waals surface area contributed by atoms with E-state index in [-0.39, 0.29) is 5.82 Å². The molecule has 1 saturated heterocycles. The molecular formula is C21H26FN3S. The van der Waals surface area contributed by atoms with Gasteiger partial charge in [-0.15, -0.1) is 12.6 Å². The van der Waals surface area contributed by atoms with Crippen molar-refractivity contribution in [1.82, 2.24) is 10.6 Å². The Bertz CT molecular complexity index is 662. The lowest BCUT2D eigenvalue weighted by Crippen LogP contribution is -2.36. The Hall–Kier alpha value is -2.11. The third-order valence-electron chi connectivity index (χ3n) is 4.26. The summed E-state index contributed by atoms with van der Waals surface area (Å²) >= 11 is 4.20. The molecule has 26 heavy (non-hydrogen) atoms. The average Bonchev–Trinajstić information content (AvgIpc) is 2.69. The van der Waals surface area contributed by atoms with Gasteiger partial charge in [0.15, 0.2) is 0 Å². The summed E-state index contributed by atoms with van der Waals surface area (Å²) in [6.07, 6.45) is 4.05. The number of nitrogens with one attached hydrogen (secondary N) is 2. The monoisotopic (exact) mass is 371 g/mol. The summed E-state index contributed by atoms with van der Waals surface area (Å²) in [5, 5.41) is 6.42. The molecule has 0 spiro atoms. The molecule has 3 nitrogen and oxygen atoms in total. The zero-order valence-electron chi connectivity index (χ0n) is 15.1. The van der Waals surface area contributed by atoms with Crippen LogP contribution in [0.15, 0.2) is 71.2 Å². The molecule has 2 N–H and O–H groups in total. The van der Waals surface area contributed by atoms with E-state index in [0.29, 0.717) is 5.92 Å². The van der Waals surface area contributed by atoms with E-state index in [4.69, 9.17) is 0 Å². The number of hydrogen-bond donors (Lipinski definition) is 3. The van der Waals surface area contributed by atoms with Gasteiger partial charge in [-0.2, -0.15) is 0 Å². The highest BCUT2D eigenvalue weighted by Crippen LogP contribution is 2.20. The van der Waals surface area contributed by atoms with Crippen molar-refractivity contribution in [3.63, 3.8) is 0 Å². The van der Waals surface area contributed by atoms with Crippen molar-refractivity contribution < 1.29 is 4.39 Å². The summed E-state index contributed by atoms with van der Waals surface area (Å²) in [7, 11) is 1.83. The van der Waals surface area contributed by atoms with Gasteiger partial charge in [-0.25, -0.2) is 4.39 Å². The van der Waals surface area contributed by atoms with Gasteiger partial charge >= 0.3 is 0 Å². The SMILES string of the molecule is C=CNC(=NC)C1CCNCC1.Fc1ccc(-c2ccc(S)cc2)cc1. The fraction of sp³-hybridized carbons (Fsp3) is 0.286. The van der Waals surface area contributed by atoms with E-state index in [1.807, 2.05) is 31.3 Å². The largest absolute Gasteiger partial charge is 0.351 e. The maximum Gasteiger partial charge on any atom is 0.123 e. The Morgan fingerprint density at radius 2 is 1.65 bits per heavy atom. The van der Waals surface area contributed by atoms with Crippen molar-refractivity contribution in [2.75, 3.05) is 20.1 Å². The first kappa shape index (κ1) is 20.2. The Balaban J connectivity index is 0.000000190. The normalized spacial score (nSPS) is 15.0. The highest BCUT2D eigenvalue weighted by Gasteiger charge is 2.17. The van der Waals surface area contributed by atoms with Crippen molar-refractivity contribution >= 4 is 18.5 Å². The molecule has 1 fully saturated rings. The van der Waals surface area contributed by atoms with Crippen LogP contribution in [0.3, 0.4) is 0 Å².